The second-order valence-corrected chi connectivity index (χ2v) is 7.33. The van der Waals surface area contributed by atoms with Gasteiger partial charge in [0.15, 0.2) is 0 Å². The second kappa shape index (κ2) is 7.27. The lowest BCUT2D eigenvalue weighted by Gasteiger charge is -2.30. The zero-order valence-corrected chi connectivity index (χ0v) is 14.0. The number of aromatic nitrogens is 2. The topological polar surface area (TPSA) is 67.2 Å². The minimum Gasteiger partial charge on any atom is -0.396 e. The van der Waals surface area contributed by atoms with Crippen molar-refractivity contribution in [2.24, 2.45) is 5.92 Å². The summed E-state index contributed by atoms with van der Waals surface area (Å²) in [5.74, 6) is 0.405. The Hall–Kier alpha value is -1.36. The van der Waals surface area contributed by atoms with Gasteiger partial charge in [0.25, 0.3) is 5.91 Å². The lowest BCUT2D eigenvalue weighted by molar-refractivity contribution is 0.0899. The zero-order valence-electron chi connectivity index (χ0n) is 14.0. The van der Waals surface area contributed by atoms with E-state index in [0.29, 0.717) is 17.9 Å². The summed E-state index contributed by atoms with van der Waals surface area (Å²) in [4.78, 5) is 12.5. The number of rotatable bonds is 5. The predicted molar refractivity (Wildman–Crippen MR) is 86.8 cm³/mol. The van der Waals surface area contributed by atoms with E-state index in [1.807, 2.05) is 4.68 Å². The van der Waals surface area contributed by atoms with Crippen molar-refractivity contribution in [2.75, 3.05) is 6.61 Å². The Kier molecular flexibility index (Phi) is 5.62. The van der Waals surface area contributed by atoms with Gasteiger partial charge in [0, 0.05) is 18.8 Å². The van der Waals surface area contributed by atoms with Crippen LogP contribution in [0.4, 0.5) is 0 Å². The predicted octanol–water partition coefficient (Wildman–Crippen LogP) is 2.70. The molecule has 1 unspecified atom stereocenters. The molecule has 1 heterocycles. The van der Waals surface area contributed by atoms with Crippen molar-refractivity contribution >= 4 is 5.91 Å². The molecular formula is C17H29N3O2. The summed E-state index contributed by atoms with van der Waals surface area (Å²) < 4.78 is 1.81. The molecule has 0 bridgehead atoms. The van der Waals surface area contributed by atoms with Crippen molar-refractivity contribution in [1.82, 2.24) is 15.1 Å². The highest BCUT2D eigenvalue weighted by Gasteiger charge is 2.26. The van der Waals surface area contributed by atoms with E-state index in [0.717, 1.165) is 12.8 Å². The molecule has 1 aromatic heterocycles. The molecule has 1 saturated carbocycles. The summed E-state index contributed by atoms with van der Waals surface area (Å²) in [6, 6.07) is 0.0655. The Morgan fingerprint density at radius 2 is 2.09 bits per heavy atom. The van der Waals surface area contributed by atoms with Gasteiger partial charge in [0.1, 0.15) is 0 Å². The van der Waals surface area contributed by atoms with Gasteiger partial charge in [-0.3, -0.25) is 9.48 Å². The summed E-state index contributed by atoms with van der Waals surface area (Å²) in [6.07, 6.45) is 10.1. The molecule has 1 aliphatic carbocycles. The van der Waals surface area contributed by atoms with E-state index in [9.17, 15) is 9.90 Å². The molecule has 1 fully saturated rings. The molecule has 5 nitrogen and oxygen atoms in total. The van der Waals surface area contributed by atoms with Gasteiger partial charge in [-0.15, -0.1) is 0 Å². The Balaban J connectivity index is 2.02. The third kappa shape index (κ3) is 4.32. The maximum Gasteiger partial charge on any atom is 0.254 e. The first kappa shape index (κ1) is 17.0. The van der Waals surface area contributed by atoms with Crippen molar-refractivity contribution in [1.29, 1.82) is 0 Å². The van der Waals surface area contributed by atoms with Gasteiger partial charge in [-0.2, -0.15) is 5.10 Å². The summed E-state index contributed by atoms with van der Waals surface area (Å²) in [5.41, 5.74) is 0.459. The maximum atomic E-state index is 12.5. The molecule has 22 heavy (non-hydrogen) atoms. The quantitative estimate of drug-likeness (QED) is 0.879. The molecular weight excluding hydrogens is 278 g/mol. The van der Waals surface area contributed by atoms with Crippen molar-refractivity contribution < 1.29 is 9.90 Å². The highest BCUT2D eigenvalue weighted by molar-refractivity contribution is 5.93. The molecule has 0 spiro atoms. The number of hydrogen-bond donors (Lipinski definition) is 2. The van der Waals surface area contributed by atoms with Crippen LogP contribution in [0, 0.1) is 5.92 Å². The Bertz CT molecular complexity index is 484. The van der Waals surface area contributed by atoms with Crippen LogP contribution in [0.3, 0.4) is 0 Å². The van der Waals surface area contributed by atoms with Crippen LogP contribution in [0.25, 0.3) is 0 Å². The number of aliphatic hydroxyl groups is 1. The number of nitrogens with zero attached hydrogens (tertiary/aromatic N) is 2. The number of hydrogen-bond acceptors (Lipinski definition) is 3. The van der Waals surface area contributed by atoms with Crippen molar-refractivity contribution in [2.45, 2.75) is 70.9 Å². The van der Waals surface area contributed by atoms with Crippen LogP contribution in [0.2, 0.25) is 0 Å². The lowest BCUT2D eigenvalue weighted by atomic mass is 9.82. The second-order valence-electron chi connectivity index (χ2n) is 7.33. The average molecular weight is 307 g/mol. The molecule has 2 N–H and O–H groups in total. The van der Waals surface area contributed by atoms with E-state index in [4.69, 9.17) is 0 Å². The van der Waals surface area contributed by atoms with E-state index in [1.165, 1.54) is 19.3 Å². The summed E-state index contributed by atoms with van der Waals surface area (Å²) in [7, 11) is 0. The number of nitrogens with one attached hydrogen (secondary N) is 1. The first-order valence-corrected chi connectivity index (χ1v) is 8.38. The van der Waals surface area contributed by atoms with E-state index in [-0.39, 0.29) is 24.1 Å². The van der Waals surface area contributed by atoms with E-state index < -0.39 is 0 Å². The number of aliphatic hydroxyl groups excluding tert-OH is 1. The normalized spacial score (nSPS) is 18.2. The van der Waals surface area contributed by atoms with E-state index >= 15 is 0 Å². The maximum absolute atomic E-state index is 12.5. The molecule has 1 amide bonds. The van der Waals surface area contributed by atoms with Gasteiger partial charge in [0.2, 0.25) is 0 Å². The van der Waals surface area contributed by atoms with Crippen molar-refractivity contribution in [3.8, 4) is 0 Å². The van der Waals surface area contributed by atoms with Crippen LogP contribution in [0.1, 0.15) is 69.7 Å². The first-order valence-electron chi connectivity index (χ1n) is 8.38. The summed E-state index contributed by atoms with van der Waals surface area (Å²) >= 11 is 0. The molecule has 0 aromatic carbocycles. The molecule has 2 rings (SSSR count). The molecule has 0 radical (unpaired) electrons. The molecule has 0 saturated heterocycles. The van der Waals surface area contributed by atoms with Gasteiger partial charge >= 0.3 is 0 Å². The minimum atomic E-state index is -0.133. The Labute approximate surface area is 133 Å². The lowest BCUT2D eigenvalue weighted by Crippen LogP contribution is -2.41. The van der Waals surface area contributed by atoms with Crippen LogP contribution in [0.5, 0.6) is 0 Å². The summed E-state index contributed by atoms with van der Waals surface area (Å²) in [6.45, 7) is 6.28. The van der Waals surface area contributed by atoms with Crippen molar-refractivity contribution in [3.63, 3.8) is 0 Å². The Morgan fingerprint density at radius 3 is 2.64 bits per heavy atom. The van der Waals surface area contributed by atoms with Crippen molar-refractivity contribution in [3.05, 3.63) is 18.0 Å². The van der Waals surface area contributed by atoms with Crippen LogP contribution in [0.15, 0.2) is 12.4 Å². The van der Waals surface area contributed by atoms with Crippen LogP contribution in [-0.4, -0.2) is 33.4 Å². The van der Waals surface area contributed by atoms with Gasteiger partial charge in [-0.05, 0) is 46.0 Å². The van der Waals surface area contributed by atoms with E-state index in [1.54, 1.807) is 12.4 Å². The largest absolute Gasteiger partial charge is 0.396 e. The number of carbonyl (C=O) groups is 1. The number of amides is 1. The SMILES string of the molecule is CC(C)(C)n1cc(C(=O)NC(CCO)C2CCCCC2)cn1. The third-order valence-electron chi connectivity index (χ3n) is 4.51. The molecule has 124 valence electrons. The molecule has 5 heteroatoms. The molecule has 1 aliphatic rings. The standard InChI is InChI=1S/C17H29N3O2/c1-17(2,3)20-12-14(11-18-20)16(22)19-15(9-10-21)13-7-5-4-6-8-13/h11-13,15,21H,4-10H2,1-3H3,(H,19,22). The van der Waals surface area contributed by atoms with Crippen LogP contribution >= 0.6 is 0 Å². The van der Waals surface area contributed by atoms with Crippen LogP contribution < -0.4 is 5.32 Å². The van der Waals surface area contributed by atoms with Gasteiger partial charge in [-0.25, -0.2) is 0 Å². The average Bonchev–Trinajstić information content (AvgIpc) is 2.98. The van der Waals surface area contributed by atoms with Gasteiger partial charge in [-0.1, -0.05) is 19.3 Å². The molecule has 0 aliphatic heterocycles. The fraction of sp³-hybridized carbons (Fsp3) is 0.765. The first-order chi connectivity index (χ1) is 10.4. The highest BCUT2D eigenvalue weighted by Crippen LogP contribution is 2.28. The van der Waals surface area contributed by atoms with Gasteiger partial charge in [0.05, 0.1) is 17.3 Å². The fourth-order valence-corrected chi connectivity index (χ4v) is 3.16. The number of carbonyl (C=O) groups excluding carboxylic acids is 1. The summed E-state index contributed by atoms with van der Waals surface area (Å²) in [5, 5.41) is 16.7. The van der Waals surface area contributed by atoms with Gasteiger partial charge < -0.3 is 10.4 Å². The molecule has 1 aromatic rings. The molecule has 1 atom stereocenters. The monoisotopic (exact) mass is 307 g/mol. The van der Waals surface area contributed by atoms with E-state index in [2.05, 4.69) is 31.2 Å². The highest BCUT2D eigenvalue weighted by atomic mass is 16.3. The Morgan fingerprint density at radius 1 is 1.41 bits per heavy atom. The zero-order chi connectivity index (χ0) is 16.2. The smallest absolute Gasteiger partial charge is 0.254 e. The fourth-order valence-electron chi connectivity index (χ4n) is 3.16. The minimum absolute atomic E-state index is 0.0655. The third-order valence-corrected chi connectivity index (χ3v) is 4.51. The van der Waals surface area contributed by atoms with Crippen LogP contribution in [-0.2, 0) is 5.54 Å².